The Kier molecular flexibility index (Phi) is 6.16. The molecule has 4 rings (SSSR count). The topological polar surface area (TPSA) is 60.9 Å². The lowest BCUT2D eigenvalue weighted by atomic mass is 10.1. The monoisotopic (exact) mass is 505 g/mol. The van der Waals surface area contributed by atoms with Crippen LogP contribution in [0.5, 0.6) is 0 Å². The fourth-order valence-corrected chi connectivity index (χ4v) is 7.01. The fourth-order valence-electron chi connectivity index (χ4n) is 4.58. The molecule has 0 aliphatic carbocycles. The first-order valence-electron chi connectivity index (χ1n) is 10.7. The van der Waals surface area contributed by atoms with Crippen molar-refractivity contribution >= 4 is 43.2 Å². The summed E-state index contributed by atoms with van der Waals surface area (Å²) >= 11 is 3.47. The first-order valence-corrected chi connectivity index (χ1v) is 12.9. The van der Waals surface area contributed by atoms with Gasteiger partial charge < -0.3 is 9.80 Å². The Morgan fingerprint density at radius 1 is 1.16 bits per heavy atom. The van der Waals surface area contributed by atoms with Gasteiger partial charge in [0, 0.05) is 48.8 Å². The third-order valence-electron chi connectivity index (χ3n) is 6.14. The molecule has 0 radical (unpaired) electrons. The number of rotatable bonds is 4. The fraction of sp³-hybridized carbons (Fsp3) is 0.435. The van der Waals surface area contributed by atoms with Gasteiger partial charge in [-0.15, -0.1) is 0 Å². The molecule has 0 bridgehead atoms. The zero-order chi connectivity index (χ0) is 22.3. The average Bonchev–Trinajstić information content (AvgIpc) is 3.16. The Morgan fingerprint density at radius 2 is 1.94 bits per heavy atom. The second kappa shape index (κ2) is 8.56. The maximum atomic E-state index is 13.7. The average molecular weight is 506 g/mol. The summed E-state index contributed by atoms with van der Waals surface area (Å²) in [6.45, 7) is 7.88. The molecule has 0 N–H and O–H groups in total. The molecule has 31 heavy (non-hydrogen) atoms. The molecule has 0 spiro atoms. The lowest BCUT2D eigenvalue weighted by Gasteiger charge is -2.41. The van der Waals surface area contributed by atoms with Gasteiger partial charge in [-0.1, -0.05) is 35.0 Å². The van der Waals surface area contributed by atoms with E-state index in [1.165, 1.54) is 5.56 Å². The Morgan fingerprint density at radius 3 is 2.61 bits per heavy atom. The van der Waals surface area contributed by atoms with Crippen LogP contribution in [0.3, 0.4) is 0 Å². The first-order chi connectivity index (χ1) is 14.7. The van der Waals surface area contributed by atoms with Gasteiger partial charge in [-0.2, -0.15) is 4.31 Å². The summed E-state index contributed by atoms with van der Waals surface area (Å²) in [6, 6.07) is 11.9. The van der Waals surface area contributed by atoms with Gasteiger partial charge in [-0.3, -0.25) is 4.79 Å². The Hall–Kier alpha value is -1.90. The highest BCUT2D eigenvalue weighted by Crippen LogP contribution is 2.39. The summed E-state index contributed by atoms with van der Waals surface area (Å²) < 4.78 is 29.8. The minimum Gasteiger partial charge on any atom is -0.366 e. The highest BCUT2D eigenvalue weighted by molar-refractivity contribution is 9.10. The predicted octanol–water partition coefficient (Wildman–Crippen LogP) is 3.96. The Balaban J connectivity index is 1.65. The van der Waals surface area contributed by atoms with Crippen LogP contribution in [0.25, 0.3) is 0 Å². The number of anilines is 2. The van der Waals surface area contributed by atoms with Crippen LogP contribution >= 0.6 is 15.9 Å². The summed E-state index contributed by atoms with van der Waals surface area (Å²) in [5.41, 5.74) is 3.77. The third-order valence-corrected chi connectivity index (χ3v) is 8.47. The molecule has 8 heteroatoms. The molecule has 1 unspecified atom stereocenters. The van der Waals surface area contributed by atoms with Crippen molar-refractivity contribution in [2.75, 3.05) is 36.0 Å². The summed E-state index contributed by atoms with van der Waals surface area (Å²) in [5.74, 6) is -0.0462. The van der Waals surface area contributed by atoms with Crippen LogP contribution in [0.1, 0.15) is 31.4 Å². The summed E-state index contributed by atoms with van der Waals surface area (Å²) in [4.78, 5) is 16.6. The third kappa shape index (κ3) is 4.13. The number of fused-ring (bicyclic) bond motifs is 1. The van der Waals surface area contributed by atoms with Gasteiger partial charge in [-0.25, -0.2) is 8.42 Å². The second-order valence-corrected chi connectivity index (χ2v) is 11.1. The zero-order valence-electron chi connectivity index (χ0n) is 18.1. The van der Waals surface area contributed by atoms with Crippen molar-refractivity contribution in [3.05, 3.63) is 52.0 Å². The van der Waals surface area contributed by atoms with Gasteiger partial charge in [0.1, 0.15) is 4.90 Å². The van der Waals surface area contributed by atoms with Crippen LogP contribution in [0.15, 0.2) is 45.8 Å². The SMILES string of the molecule is CCC(=O)N1CCc2cc(Br)cc(S(=O)(=O)N3CCN(c4cccc(C)c4)C(C)C3)c21. The number of hydrogen-bond acceptors (Lipinski definition) is 4. The number of sulfonamides is 1. The van der Waals surface area contributed by atoms with E-state index >= 15 is 0 Å². The number of amides is 1. The van der Waals surface area contributed by atoms with E-state index in [-0.39, 0.29) is 16.8 Å². The normalized spacial score (nSPS) is 19.5. The molecule has 2 aromatic carbocycles. The highest BCUT2D eigenvalue weighted by Gasteiger charge is 2.37. The van der Waals surface area contributed by atoms with Gasteiger partial charge in [0.05, 0.1) is 5.69 Å². The van der Waals surface area contributed by atoms with E-state index in [0.717, 1.165) is 15.7 Å². The molecular weight excluding hydrogens is 478 g/mol. The number of carbonyl (C=O) groups is 1. The van der Waals surface area contributed by atoms with Crippen molar-refractivity contribution in [3.8, 4) is 0 Å². The number of benzene rings is 2. The van der Waals surface area contributed by atoms with E-state index in [0.29, 0.717) is 44.7 Å². The number of nitrogens with zero attached hydrogens (tertiary/aromatic N) is 3. The molecular formula is C23H28BrN3O3S. The molecule has 1 fully saturated rings. The molecule has 0 saturated carbocycles. The van der Waals surface area contributed by atoms with Crippen molar-refractivity contribution in [2.45, 2.75) is 44.6 Å². The van der Waals surface area contributed by atoms with Crippen LogP contribution in [-0.4, -0.2) is 50.9 Å². The maximum Gasteiger partial charge on any atom is 0.245 e. The molecule has 2 aliphatic heterocycles. The van der Waals surface area contributed by atoms with E-state index in [4.69, 9.17) is 0 Å². The van der Waals surface area contributed by atoms with Crippen LogP contribution in [0.4, 0.5) is 11.4 Å². The Labute approximate surface area is 193 Å². The van der Waals surface area contributed by atoms with Crippen molar-refractivity contribution in [3.63, 3.8) is 0 Å². The van der Waals surface area contributed by atoms with Gasteiger partial charge in [0.15, 0.2) is 0 Å². The molecule has 166 valence electrons. The lowest BCUT2D eigenvalue weighted by molar-refractivity contribution is -0.118. The standard InChI is InChI=1S/C23H28BrN3O3S/c1-4-22(28)27-9-8-18-13-19(24)14-21(23(18)27)31(29,30)25-10-11-26(17(3)15-25)20-7-5-6-16(2)12-20/h5-7,12-14,17H,4,8-11,15H2,1-3H3. The number of aryl methyl sites for hydroxylation is 1. The number of hydrogen-bond donors (Lipinski definition) is 0. The summed E-state index contributed by atoms with van der Waals surface area (Å²) in [6.07, 6.45) is 1.02. The highest BCUT2D eigenvalue weighted by atomic mass is 79.9. The first kappa shape index (κ1) is 22.3. The minimum absolute atomic E-state index is 0.0407. The van der Waals surface area contributed by atoms with Crippen molar-refractivity contribution in [1.29, 1.82) is 0 Å². The van der Waals surface area contributed by atoms with Crippen molar-refractivity contribution < 1.29 is 13.2 Å². The molecule has 2 aromatic rings. The number of halogens is 1. The van der Waals surface area contributed by atoms with Crippen molar-refractivity contribution in [1.82, 2.24) is 4.31 Å². The molecule has 6 nitrogen and oxygen atoms in total. The largest absolute Gasteiger partial charge is 0.366 e. The van der Waals surface area contributed by atoms with Crippen LogP contribution in [0.2, 0.25) is 0 Å². The Bertz CT molecular complexity index is 1120. The van der Waals surface area contributed by atoms with E-state index in [1.54, 1.807) is 22.2 Å². The zero-order valence-corrected chi connectivity index (χ0v) is 20.5. The molecule has 1 atom stereocenters. The molecule has 2 aliphatic rings. The quantitative estimate of drug-likeness (QED) is 0.630. The summed E-state index contributed by atoms with van der Waals surface area (Å²) in [7, 11) is -3.75. The molecule has 2 heterocycles. The van der Waals surface area contributed by atoms with E-state index in [1.807, 2.05) is 12.1 Å². The van der Waals surface area contributed by atoms with Crippen LogP contribution < -0.4 is 9.80 Å². The second-order valence-electron chi connectivity index (χ2n) is 8.31. The smallest absolute Gasteiger partial charge is 0.245 e. The van der Waals surface area contributed by atoms with Crippen LogP contribution in [0, 0.1) is 6.92 Å². The predicted molar refractivity (Wildman–Crippen MR) is 127 cm³/mol. The van der Waals surface area contributed by atoms with E-state index in [9.17, 15) is 13.2 Å². The molecule has 0 aromatic heterocycles. The molecule has 1 amide bonds. The maximum absolute atomic E-state index is 13.7. The van der Waals surface area contributed by atoms with Gasteiger partial charge >= 0.3 is 0 Å². The van der Waals surface area contributed by atoms with E-state index < -0.39 is 10.0 Å². The van der Waals surface area contributed by atoms with E-state index in [2.05, 4.69) is 52.9 Å². The minimum atomic E-state index is -3.75. The van der Waals surface area contributed by atoms with Gasteiger partial charge in [-0.05, 0) is 55.7 Å². The van der Waals surface area contributed by atoms with Crippen molar-refractivity contribution in [2.24, 2.45) is 0 Å². The summed E-state index contributed by atoms with van der Waals surface area (Å²) in [5, 5.41) is 0. The van der Waals surface area contributed by atoms with Crippen LogP contribution in [-0.2, 0) is 21.2 Å². The number of piperazine rings is 1. The molecule has 1 saturated heterocycles. The van der Waals surface area contributed by atoms with Gasteiger partial charge in [0.2, 0.25) is 15.9 Å². The lowest BCUT2D eigenvalue weighted by Crippen LogP contribution is -2.53. The number of carbonyl (C=O) groups excluding carboxylic acids is 1. The van der Waals surface area contributed by atoms with Gasteiger partial charge in [0.25, 0.3) is 0 Å².